The van der Waals surface area contributed by atoms with E-state index in [1.54, 1.807) is 0 Å². The van der Waals surface area contributed by atoms with Gasteiger partial charge in [-0.1, -0.05) is 48.5 Å². The van der Waals surface area contributed by atoms with Crippen LogP contribution in [0.15, 0.2) is 72.8 Å². The maximum Gasteiger partial charge on any atom is 0.258 e. The van der Waals surface area contributed by atoms with Gasteiger partial charge in [0.05, 0.1) is 6.10 Å². The van der Waals surface area contributed by atoms with E-state index in [1.165, 1.54) is 16.7 Å². The molecule has 3 aromatic carbocycles. The molecule has 5 rings (SSSR count). The van der Waals surface area contributed by atoms with Crippen molar-refractivity contribution in [1.29, 1.82) is 0 Å². The minimum Gasteiger partial charge on any atom is -0.491 e. The van der Waals surface area contributed by atoms with Gasteiger partial charge in [-0.2, -0.15) is 0 Å². The summed E-state index contributed by atoms with van der Waals surface area (Å²) in [6.45, 7) is 10.8. The van der Waals surface area contributed by atoms with Gasteiger partial charge in [0.1, 0.15) is 5.75 Å². The average molecular weight is 470 g/mol. The molecule has 2 heterocycles. The zero-order valence-electron chi connectivity index (χ0n) is 20.8. The van der Waals surface area contributed by atoms with Crippen LogP contribution in [0.2, 0.25) is 0 Å². The lowest BCUT2D eigenvalue weighted by Gasteiger charge is -2.35. The quantitative estimate of drug-likeness (QED) is 0.488. The number of nitrogens with zero attached hydrogens (tertiary/aromatic N) is 3. The summed E-state index contributed by atoms with van der Waals surface area (Å²) in [6, 6.07) is 24.8. The van der Waals surface area contributed by atoms with Crippen molar-refractivity contribution in [3.05, 3.63) is 95.1 Å². The van der Waals surface area contributed by atoms with Gasteiger partial charge in [-0.15, -0.1) is 0 Å². The van der Waals surface area contributed by atoms with E-state index in [1.807, 2.05) is 35.2 Å². The Labute approximate surface area is 208 Å². The molecule has 35 heavy (non-hydrogen) atoms. The summed E-state index contributed by atoms with van der Waals surface area (Å²) in [5.74, 6) is 1.09. The molecule has 0 bridgehead atoms. The van der Waals surface area contributed by atoms with Crippen molar-refractivity contribution >= 4 is 11.6 Å². The summed E-state index contributed by atoms with van der Waals surface area (Å²) in [5.41, 5.74) is 5.55. The number of benzene rings is 3. The summed E-state index contributed by atoms with van der Waals surface area (Å²) in [4.78, 5) is 20.2. The number of anilines is 1. The van der Waals surface area contributed by atoms with Crippen LogP contribution >= 0.6 is 0 Å². The maximum atomic E-state index is 13.3. The van der Waals surface area contributed by atoms with Crippen LogP contribution in [0.4, 0.5) is 5.69 Å². The first-order chi connectivity index (χ1) is 17.1. The monoisotopic (exact) mass is 469 g/mol. The third kappa shape index (κ3) is 5.58. The van der Waals surface area contributed by atoms with Crippen LogP contribution in [0.3, 0.4) is 0 Å². The molecular weight excluding hydrogens is 434 g/mol. The molecule has 0 aliphatic carbocycles. The molecule has 3 aromatic rings. The lowest BCUT2D eigenvalue weighted by Crippen LogP contribution is -2.45. The summed E-state index contributed by atoms with van der Waals surface area (Å²) >= 11 is 0. The Bertz CT molecular complexity index is 1170. The van der Waals surface area contributed by atoms with Crippen LogP contribution in [-0.4, -0.2) is 54.5 Å². The molecule has 0 radical (unpaired) electrons. The Hall–Kier alpha value is -3.15. The second kappa shape index (κ2) is 10.6. The molecule has 182 valence electrons. The number of ether oxygens (including phenoxy) is 1. The van der Waals surface area contributed by atoms with Gasteiger partial charge in [-0.25, -0.2) is 0 Å². The van der Waals surface area contributed by atoms with Gasteiger partial charge in [0.25, 0.3) is 5.91 Å². The van der Waals surface area contributed by atoms with Crippen LogP contribution in [0.1, 0.15) is 40.9 Å². The Morgan fingerprint density at radius 3 is 2.34 bits per heavy atom. The second-order valence-corrected chi connectivity index (χ2v) is 9.86. The van der Waals surface area contributed by atoms with E-state index in [9.17, 15) is 4.79 Å². The molecule has 5 heteroatoms. The van der Waals surface area contributed by atoms with Crippen molar-refractivity contribution in [3.63, 3.8) is 0 Å². The van der Waals surface area contributed by atoms with Crippen LogP contribution in [0.25, 0.3) is 0 Å². The van der Waals surface area contributed by atoms with Crippen molar-refractivity contribution in [1.82, 2.24) is 9.80 Å². The van der Waals surface area contributed by atoms with Crippen LogP contribution in [0.5, 0.6) is 5.75 Å². The largest absolute Gasteiger partial charge is 0.491 e. The SMILES string of the molecule is CC(C)Oc1ccccc1CN1CCN(Cc2cccc(C(=O)N3CCc4ccccc43)c2)CC1. The molecule has 0 atom stereocenters. The van der Waals surface area contributed by atoms with E-state index < -0.39 is 0 Å². The third-order valence-electron chi connectivity index (χ3n) is 6.91. The van der Waals surface area contributed by atoms with Gasteiger partial charge in [0.15, 0.2) is 0 Å². The highest BCUT2D eigenvalue weighted by atomic mass is 16.5. The van der Waals surface area contributed by atoms with Crippen molar-refractivity contribution in [2.75, 3.05) is 37.6 Å². The van der Waals surface area contributed by atoms with E-state index in [-0.39, 0.29) is 12.0 Å². The number of hydrogen-bond donors (Lipinski definition) is 0. The third-order valence-corrected chi connectivity index (χ3v) is 6.91. The number of carbonyl (C=O) groups excluding carboxylic acids is 1. The first-order valence-corrected chi connectivity index (χ1v) is 12.7. The fourth-order valence-electron chi connectivity index (χ4n) is 5.12. The molecule has 1 amide bonds. The molecule has 0 N–H and O–H groups in total. The van der Waals surface area contributed by atoms with E-state index in [0.29, 0.717) is 0 Å². The van der Waals surface area contributed by atoms with Gasteiger partial charge in [0, 0.05) is 62.6 Å². The molecule has 1 saturated heterocycles. The Balaban J connectivity index is 1.17. The Morgan fingerprint density at radius 1 is 0.829 bits per heavy atom. The molecule has 0 spiro atoms. The second-order valence-electron chi connectivity index (χ2n) is 9.86. The van der Waals surface area contributed by atoms with Gasteiger partial charge in [-0.05, 0) is 55.7 Å². The number of fused-ring (bicyclic) bond motifs is 1. The van der Waals surface area contributed by atoms with Crippen molar-refractivity contribution in [3.8, 4) is 5.75 Å². The molecule has 2 aliphatic rings. The molecule has 1 fully saturated rings. The molecule has 0 saturated carbocycles. The number of amides is 1. The fourth-order valence-corrected chi connectivity index (χ4v) is 5.12. The smallest absolute Gasteiger partial charge is 0.258 e. The van der Waals surface area contributed by atoms with Crippen molar-refractivity contribution in [2.24, 2.45) is 0 Å². The van der Waals surface area contributed by atoms with Crippen LogP contribution in [0, 0.1) is 0 Å². The minimum atomic E-state index is 0.101. The number of para-hydroxylation sites is 2. The molecule has 0 aromatic heterocycles. The number of carbonyl (C=O) groups is 1. The van der Waals surface area contributed by atoms with Crippen molar-refractivity contribution in [2.45, 2.75) is 39.5 Å². The zero-order chi connectivity index (χ0) is 24.2. The summed E-state index contributed by atoms with van der Waals surface area (Å²) in [6.07, 6.45) is 1.11. The number of hydrogen-bond acceptors (Lipinski definition) is 4. The predicted molar refractivity (Wildman–Crippen MR) is 141 cm³/mol. The Morgan fingerprint density at radius 2 is 1.54 bits per heavy atom. The van der Waals surface area contributed by atoms with E-state index in [0.717, 1.165) is 69.2 Å². The summed E-state index contributed by atoms with van der Waals surface area (Å²) < 4.78 is 6.01. The summed E-state index contributed by atoms with van der Waals surface area (Å²) in [7, 11) is 0. The standard InChI is InChI=1S/C30H35N3O2/c1-23(2)35-29-13-6-4-10-27(29)22-32-18-16-31(17-19-32)21-24-8-7-11-26(20-24)30(34)33-15-14-25-9-3-5-12-28(25)33/h3-13,20,23H,14-19,21-22H2,1-2H3. The first kappa shape index (κ1) is 23.6. The highest BCUT2D eigenvalue weighted by Crippen LogP contribution is 2.29. The molecule has 5 nitrogen and oxygen atoms in total. The highest BCUT2D eigenvalue weighted by molar-refractivity contribution is 6.07. The predicted octanol–water partition coefficient (Wildman–Crippen LogP) is 4.99. The number of piperazine rings is 1. The first-order valence-electron chi connectivity index (χ1n) is 12.7. The molecule has 0 unspecified atom stereocenters. The van der Waals surface area contributed by atoms with Crippen molar-refractivity contribution < 1.29 is 9.53 Å². The normalized spacial score (nSPS) is 16.5. The van der Waals surface area contributed by atoms with Crippen LogP contribution in [-0.2, 0) is 19.5 Å². The van der Waals surface area contributed by atoms with Gasteiger partial charge in [-0.3, -0.25) is 14.6 Å². The van der Waals surface area contributed by atoms with E-state index >= 15 is 0 Å². The van der Waals surface area contributed by atoms with E-state index in [4.69, 9.17) is 4.74 Å². The average Bonchev–Trinajstić information content (AvgIpc) is 3.30. The summed E-state index contributed by atoms with van der Waals surface area (Å²) in [5, 5.41) is 0. The minimum absolute atomic E-state index is 0.101. The lowest BCUT2D eigenvalue weighted by atomic mass is 10.1. The zero-order valence-corrected chi connectivity index (χ0v) is 20.8. The van der Waals surface area contributed by atoms with Gasteiger partial charge in [0.2, 0.25) is 0 Å². The van der Waals surface area contributed by atoms with Gasteiger partial charge < -0.3 is 9.64 Å². The molecule has 2 aliphatic heterocycles. The number of rotatable bonds is 7. The lowest BCUT2D eigenvalue weighted by molar-refractivity contribution is 0.0988. The molecular formula is C30H35N3O2. The highest BCUT2D eigenvalue weighted by Gasteiger charge is 2.25. The van der Waals surface area contributed by atoms with E-state index in [2.05, 4.69) is 66.1 Å². The Kier molecular flexibility index (Phi) is 7.16. The fraction of sp³-hybridized carbons (Fsp3) is 0.367. The maximum absolute atomic E-state index is 13.3. The topological polar surface area (TPSA) is 36.0 Å². The van der Waals surface area contributed by atoms with Crippen LogP contribution < -0.4 is 9.64 Å². The van der Waals surface area contributed by atoms with Gasteiger partial charge >= 0.3 is 0 Å².